The van der Waals surface area contributed by atoms with Gasteiger partial charge < -0.3 is 11.5 Å². The van der Waals surface area contributed by atoms with Crippen molar-refractivity contribution in [3.8, 4) is 0 Å². The van der Waals surface area contributed by atoms with Crippen LogP contribution in [0.2, 0.25) is 0 Å². The molecule has 2 nitrogen and oxygen atoms in total. The molecule has 0 aliphatic heterocycles. The van der Waals surface area contributed by atoms with Crippen LogP contribution >= 0.6 is 0 Å². The fourth-order valence-corrected chi connectivity index (χ4v) is 2.33. The van der Waals surface area contributed by atoms with Gasteiger partial charge in [0.05, 0.1) is 0 Å². The Kier molecular flexibility index (Phi) is 1.08. The van der Waals surface area contributed by atoms with E-state index in [9.17, 15) is 0 Å². The maximum Gasteiger partial charge on any atom is 0.00731 e. The van der Waals surface area contributed by atoms with Crippen molar-refractivity contribution in [3.05, 3.63) is 0 Å². The highest BCUT2D eigenvalue weighted by atomic mass is 14.8. The molecule has 9 heavy (non-hydrogen) atoms. The summed E-state index contributed by atoms with van der Waals surface area (Å²) in [6.07, 6.45) is 3.66. The fraction of sp³-hybridized carbons (Fsp3) is 1.00. The highest BCUT2D eigenvalue weighted by Gasteiger charge is 2.44. The highest BCUT2D eigenvalue weighted by molar-refractivity contribution is 5.00. The molecule has 0 radical (unpaired) electrons. The summed E-state index contributed by atoms with van der Waals surface area (Å²) in [4.78, 5) is 0. The fourth-order valence-electron chi connectivity index (χ4n) is 2.33. The summed E-state index contributed by atoms with van der Waals surface area (Å²) in [6.45, 7) is 0. The second-order valence-electron chi connectivity index (χ2n) is 3.55. The molecule has 0 aromatic heterocycles. The third-order valence-electron chi connectivity index (χ3n) is 2.91. The molecule has 2 aliphatic carbocycles. The van der Waals surface area contributed by atoms with E-state index in [4.69, 9.17) is 11.5 Å². The van der Waals surface area contributed by atoms with Gasteiger partial charge in [0, 0.05) is 12.1 Å². The lowest BCUT2D eigenvalue weighted by Crippen LogP contribution is -2.44. The molecule has 0 saturated heterocycles. The zero-order valence-electron chi connectivity index (χ0n) is 5.59. The molecule has 0 heterocycles. The lowest BCUT2D eigenvalue weighted by molar-refractivity contribution is 0.173. The number of hydrogen-bond donors (Lipinski definition) is 2. The van der Waals surface area contributed by atoms with Crippen LogP contribution in [0.4, 0.5) is 0 Å². The van der Waals surface area contributed by atoms with Gasteiger partial charge in [-0.15, -0.1) is 0 Å². The van der Waals surface area contributed by atoms with Gasteiger partial charge in [0.1, 0.15) is 0 Å². The maximum atomic E-state index is 5.77. The van der Waals surface area contributed by atoms with Crippen LogP contribution in [0, 0.1) is 11.8 Å². The van der Waals surface area contributed by atoms with E-state index in [0.29, 0.717) is 12.1 Å². The van der Waals surface area contributed by atoms with E-state index in [2.05, 4.69) is 0 Å². The van der Waals surface area contributed by atoms with E-state index in [1.807, 2.05) is 0 Å². The van der Waals surface area contributed by atoms with Crippen LogP contribution in [0.3, 0.4) is 0 Å². The molecule has 4 N–H and O–H groups in total. The van der Waals surface area contributed by atoms with Crippen molar-refractivity contribution >= 4 is 0 Å². The summed E-state index contributed by atoms with van der Waals surface area (Å²) in [6, 6.07) is 0.956. The van der Waals surface area contributed by atoms with Crippen LogP contribution in [-0.4, -0.2) is 12.1 Å². The monoisotopic (exact) mass is 126 g/mol. The summed E-state index contributed by atoms with van der Waals surface area (Å²) < 4.78 is 0. The Morgan fingerprint density at radius 2 is 1.78 bits per heavy atom. The van der Waals surface area contributed by atoms with Gasteiger partial charge in [-0.3, -0.25) is 0 Å². The first-order chi connectivity index (χ1) is 4.27. The summed E-state index contributed by atoms with van der Waals surface area (Å²) in [5, 5.41) is 0. The van der Waals surface area contributed by atoms with Crippen LogP contribution in [0.25, 0.3) is 0 Å². The van der Waals surface area contributed by atoms with E-state index in [-0.39, 0.29) is 0 Å². The van der Waals surface area contributed by atoms with Gasteiger partial charge in [-0.25, -0.2) is 0 Å². The highest BCUT2D eigenvalue weighted by Crippen LogP contribution is 2.45. The van der Waals surface area contributed by atoms with Crippen LogP contribution in [-0.2, 0) is 0 Å². The molecule has 2 saturated carbocycles. The molecule has 0 spiro atoms. The van der Waals surface area contributed by atoms with Crippen LogP contribution in [0.15, 0.2) is 0 Å². The molecule has 2 fully saturated rings. The Labute approximate surface area is 55.6 Å². The number of fused-ring (bicyclic) bond motifs is 1. The average Bonchev–Trinajstić information content (AvgIpc) is 2.08. The van der Waals surface area contributed by atoms with E-state index in [0.717, 1.165) is 11.8 Å². The van der Waals surface area contributed by atoms with Crippen molar-refractivity contribution in [1.29, 1.82) is 0 Å². The lowest BCUT2D eigenvalue weighted by Gasteiger charge is -2.37. The molecule has 4 atom stereocenters. The molecule has 1 unspecified atom stereocenters. The number of hydrogen-bond acceptors (Lipinski definition) is 2. The predicted molar refractivity (Wildman–Crippen MR) is 36.8 cm³/mol. The Bertz CT molecular complexity index is 124. The average molecular weight is 126 g/mol. The van der Waals surface area contributed by atoms with E-state index >= 15 is 0 Å². The second kappa shape index (κ2) is 1.70. The van der Waals surface area contributed by atoms with Crippen LogP contribution < -0.4 is 11.5 Å². The Morgan fingerprint density at radius 3 is 2.22 bits per heavy atom. The van der Waals surface area contributed by atoms with Crippen molar-refractivity contribution < 1.29 is 0 Å². The van der Waals surface area contributed by atoms with E-state index in [1.54, 1.807) is 0 Å². The maximum absolute atomic E-state index is 5.77. The SMILES string of the molecule is NC1C[C@H]2C[C@@H](N)[C@H]2C1. The first-order valence-electron chi connectivity index (χ1n) is 3.78. The van der Waals surface area contributed by atoms with Gasteiger partial charge in [-0.2, -0.15) is 0 Å². The molecule has 0 aromatic carbocycles. The Hall–Kier alpha value is -0.0800. The minimum Gasteiger partial charge on any atom is -0.328 e. The molecule has 2 aliphatic rings. The van der Waals surface area contributed by atoms with Crippen molar-refractivity contribution in [2.45, 2.75) is 31.3 Å². The first kappa shape index (κ1) is 5.69. The molecule has 0 bridgehead atoms. The van der Waals surface area contributed by atoms with E-state index in [1.165, 1.54) is 19.3 Å². The minimum absolute atomic E-state index is 0.466. The van der Waals surface area contributed by atoms with Gasteiger partial charge in [0.15, 0.2) is 0 Å². The topological polar surface area (TPSA) is 52.0 Å². The summed E-state index contributed by atoms with van der Waals surface area (Å²) in [7, 11) is 0. The number of nitrogens with two attached hydrogens (primary N) is 2. The largest absolute Gasteiger partial charge is 0.328 e. The summed E-state index contributed by atoms with van der Waals surface area (Å²) >= 11 is 0. The smallest absolute Gasteiger partial charge is 0.00731 e. The van der Waals surface area contributed by atoms with Crippen LogP contribution in [0.5, 0.6) is 0 Å². The molecule has 0 amide bonds. The third-order valence-corrected chi connectivity index (χ3v) is 2.91. The predicted octanol–water partition coefficient (Wildman–Crippen LogP) is 0.0709. The van der Waals surface area contributed by atoms with E-state index < -0.39 is 0 Å². The minimum atomic E-state index is 0.466. The van der Waals surface area contributed by atoms with Crippen molar-refractivity contribution in [2.24, 2.45) is 23.3 Å². The summed E-state index contributed by atoms with van der Waals surface area (Å²) in [5.41, 5.74) is 11.5. The Balaban J connectivity index is 2.00. The third kappa shape index (κ3) is 0.700. The molecular formula is C7H14N2. The van der Waals surface area contributed by atoms with Gasteiger partial charge in [-0.1, -0.05) is 0 Å². The van der Waals surface area contributed by atoms with Crippen LogP contribution in [0.1, 0.15) is 19.3 Å². The second-order valence-corrected chi connectivity index (χ2v) is 3.55. The van der Waals surface area contributed by atoms with Crippen molar-refractivity contribution in [3.63, 3.8) is 0 Å². The molecule has 52 valence electrons. The molecule has 0 aromatic rings. The first-order valence-corrected chi connectivity index (χ1v) is 3.78. The summed E-state index contributed by atoms with van der Waals surface area (Å²) in [5.74, 6) is 1.69. The molecule has 2 rings (SSSR count). The quantitative estimate of drug-likeness (QED) is 0.482. The van der Waals surface area contributed by atoms with Crippen molar-refractivity contribution in [2.75, 3.05) is 0 Å². The number of rotatable bonds is 0. The zero-order chi connectivity index (χ0) is 6.43. The van der Waals surface area contributed by atoms with Gasteiger partial charge in [0.25, 0.3) is 0 Å². The Morgan fingerprint density at radius 1 is 1.00 bits per heavy atom. The van der Waals surface area contributed by atoms with Crippen molar-refractivity contribution in [1.82, 2.24) is 0 Å². The van der Waals surface area contributed by atoms with Gasteiger partial charge in [-0.05, 0) is 31.1 Å². The van der Waals surface area contributed by atoms with Gasteiger partial charge in [0.2, 0.25) is 0 Å². The zero-order valence-corrected chi connectivity index (χ0v) is 5.59. The normalized spacial score (nSPS) is 56.7. The molecular weight excluding hydrogens is 112 g/mol. The lowest BCUT2D eigenvalue weighted by atomic mass is 9.72. The standard InChI is InChI=1S/C7H14N2/c8-5-1-4-2-7(9)6(4)3-5/h4-7H,1-3,8-9H2/t4-,5?,6-,7+/m0/s1. The van der Waals surface area contributed by atoms with Gasteiger partial charge >= 0.3 is 0 Å². The molecule has 2 heteroatoms.